The van der Waals surface area contributed by atoms with Crippen molar-refractivity contribution in [3.63, 3.8) is 0 Å². The molecule has 1 amide bonds. The molecule has 2 rings (SSSR count). The summed E-state index contributed by atoms with van der Waals surface area (Å²) < 4.78 is 15.0. The molecule has 0 bridgehead atoms. The molecule has 2 aromatic rings. The standard InChI is InChI=1S/C18H24FN3O2/c1-12(2)18-14(11-22(4)20-18)10-21(3)17(24)9-16(23)13-6-5-7-15(19)8-13/h5-8,11-12,16,23H,9-10H2,1-4H3. The van der Waals surface area contributed by atoms with E-state index in [1.807, 2.05) is 13.2 Å². The van der Waals surface area contributed by atoms with E-state index in [1.165, 1.54) is 18.2 Å². The number of carbonyl (C=O) groups is 1. The average Bonchev–Trinajstić information content (AvgIpc) is 2.87. The van der Waals surface area contributed by atoms with Crippen LogP contribution >= 0.6 is 0 Å². The highest BCUT2D eigenvalue weighted by molar-refractivity contribution is 5.76. The van der Waals surface area contributed by atoms with Gasteiger partial charge in [0.15, 0.2) is 0 Å². The first kappa shape index (κ1) is 18.1. The van der Waals surface area contributed by atoms with Crippen LogP contribution in [-0.2, 0) is 18.4 Å². The van der Waals surface area contributed by atoms with E-state index in [4.69, 9.17) is 0 Å². The number of rotatable bonds is 6. The second kappa shape index (κ2) is 7.57. The molecular weight excluding hydrogens is 309 g/mol. The topological polar surface area (TPSA) is 58.4 Å². The third-order valence-corrected chi connectivity index (χ3v) is 3.92. The Morgan fingerprint density at radius 1 is 1.42 bits per heavy atom. The Morgan fingerprint density at radius 3 is 2.75 bits per heavy atom. The van der Waals surface area contributed by atoms with Gasteiger partial charge in [0.25, 0.3) is 0 Å². The zero-order valence-corrected chi connectivity index (χ0v) is 14.5. The summed E-state index contributed by atoms with van der Waals surface area (Å²) >= 11 is 0. The summed E-state index contributed by atoms with van der Waals surface area (Å²) in [7, 11) is 3.54. The lowest BCUT2D eigenvalue weighted by Gasteiger charge is -2.20. The van der Waals surface area contributed by atoms with Crippen molar-refractivity contribution in [1.29, 1.82) is 0 Å². The summed E-state index contributed by atoms with van der Waals surface area (Å²) in [4.78, 5) is 13.9. The molecule has 130 valence electrons. The molecule has 1 atom stereocenters. The first-order valence-electron chi connectivity index (χ1n) is 7.97. The summed E-state index contributed by atoms with van der Waals surface area (Å²) in [5, 5.41) is 14.6. The number of aliphatic hydroxyl groups is 1. The van der Waals surface area contributed by atoms with Crippen LogP contribution in [-0.4, -0.2) is 32.7 Å². The van der Waals surface area contributed by atoms with E-state index in [2.05, 4.69) is 18.9 Å². The van der Waals surface area contributed by atoms with Gasteiger partial charge in [-0.05, 0) is 23.6 Å². The summed E-state index contributed by atoms with van der Waals surface area (Å²) in [6, 6.07) is 5.68. The maximum Gasteiger partial charge on any atom is 0.225 e. The Morgan fingerprint density at radius 2 is 2.12 bits per heavy atom. The fraction of sp³-hybridized carbons (Fsp3) is 0.444. The summed E-state index contributed by atoms with van der Waals surface area (Å²) in [5.41, 5.74) is 2.35. The molecule has 1 N–H and O–H groups in total. The molecule has 0 spiro atoms. The number of halogens is 1. The number of hydrogen-bond donors (Lipinski definition) is 1. The molecule has 0 aliphatic heterocycles. The number of nitrogens with zero attached hydrogens (tertiary/aromatic N) is 3. The number of benzene rings is 1. The first-order valence-corrected chi connectivity index (χ1v) is 7.97. The fourth-order valence-corrected chi connectivity index (χ4v) is 2.66. The van der Waals surface area contributed by atoms with Crippen molar-refractivity contribution in [1.82, 2.24) is 14.7 Å². The number of aliphatic hydroxyl groups excluding tert-OH is 1. The van der Waals surface area contributed by atoms with E-state index in [0.29, 0.717) is 12.1 Å². The van der Waals surface area contributed by atoms with E-state index in [9.17, 15) is 14.3 Å². The van der Waals surface area contributed by atoms with Gasteiger partial charge in [-0.15, -0.1) is 0 Å². The van der Waals surface area contributed by atoms with E-state index in [-0.39, 0.29) is 18.2 Å². The molecule has 0 radical (unpaired) electrons. The molecule has 24 heavy (non-hydrogen) atoms. The number of carbonyl (C=O) groups excluding carboxylic acids is 1. The molecule has 6 heteroatoms. The predicted molar refractivity (Wildman–Crippen MR) is 89.7 cm³/mol. The maximum atomic E-state index is 13.2. The quantitative estimate of drug-likeness (QED) is 0.884. The highest BCUT2D eigenvalue weighted by atomic mass is 19.1. The number of aromatic nitrogens is 2. The highest BCUT2D eigenvalue weighted by Crippen LogP contribution is 2.21. The minimum Gasteiger partial charge on any atom is -0.388 e. The van der Waals surface area contributed by atoms with Crippen LogP contribution < -0.4 is 0 Å². The lowest BCUT2D eigenvalue weighted by Crippen LogP contribution is -2.28. The molecule has 0 aliphatic rings. The predicted octanol–water partition coefficient (Wildman–Crippen LogP) is 2.76. The lowest BCUT2D eigenvalue weighted by molar-refractivity contribution is -0.132. The first-order chi connectivity index (χ1) is 11.3. The molecule has 1 unspecified atom stereocenters. The second-order valence-electron chi connectivity index (χ2n) is 6.39. The van der Waals surface area contributed by atoms with Gasteiger partial charge in [0.1, 0.15) is 5.82 Å². The van der Waals surface area contributed by atoms with Crippen LogP contribution in [0.2, 0.25) is 0 Å². The van der Waals surface area contributed by atoms with Crippen molar-refractivity contribution in [2.45, 2.75) is 38.8 Å². The number of hydrogen-bond acceptors (Lipinski definition) is 3. The molecule has 0 fully saturated rings. The van der Waals surface area contributed by atoms with Crippen LogP contribution in [0.15, 0.2) is 30.5 Å². The molecule has 0 aliphatic carbocycles. The van der Waals surface area contributed by atoms with Gasteiger partial charge in [0.05, 0.1) is 18.2 Å². The lowest BCUT2D eigenvalue weighted by atomic mass is 10.0. The fourth-order valence-electron chi connectivity index (χ4n) is 2.66. The normalized spacial score (nSPS) is 12.5. The van der Waals surface area contributed by atoms with Gasteiger partial charge in [-0.25, -0.2) is 4.39 Å². The van der Waals surface area contributed by atoms with E-state index in [1.54, 1.807) is 22.7 Å². The van der Waals surface area contributed by atoms with Gasteiger partial charge in [0.2, 0.25) is 5.91 Å². The van der Waals surface area contributed by atoms with Crippen LogP contribution in [0.25, 0.3) is 0 Å². The smallest absolute Gasteiger partial charge is 0.225 e. The average molecular weight is 333 g/mol. The highest BCUT2D eigenvalue weighted by Gasteiger charge is 2.19. The van der Waals surface area contributed by atoms with Crippen LogP contribution in [0.1, 0.15) is 49.1 Å². The minimum absolute atomic E-state index is 0.0861. The van der Waals surface area contributed by atoms with Crippen LogP contribution in [0.4, 0.5) is 4.39 Å². The summed E-state index contributed by atoms with van der Waals surface area (Å²) in [6.07, 6.45) is 0.799. The summed E-state index contributed by atoms with van der Waals surface area (Å²) in [6.45, 7) is 4.54. The van der Waals surface area contributed by atoms with Gasteiger partial charge in [-0.3, -0.25) is 9.48 Å². The van der Waals surface area contributed by atoms with E-state index >= 15 is 0 Å². The van der Waals surface area contributed by atoms with Crippen molar-refractivity contribution in [2.75, 3.05) is 7.05 Å². The second-order valence-corrected chi connectivity index (χ2v) is 6.39. The zero-order chi connectivity index (χ0) is 17.9. The van der Waals surface area contributed by atoms with Gasteiger partial charge < -0.3 is 10.0 Å². The van der Waals surface area contributed by atoms with Crippen molar-refractivity contribution in [2.24, 2.45) is 7.05 Å². The maximum absolute atomic E-state index is 13.2. The third-order valence-electron chi connectivity index (χ3n) is 3.92. The Balaban J connectivity index is 2.02. The van der Waals surface area contributed by atoms with Crippen LogP contribution in [0.5, 0.6) is 0 Å². The third kappa shape index (κ3) is 4.41. The van der Waals surface area contributed by atoms with Gasteiger partial charge in [0, 0.05) is 32.4 Å². The monoisotopic (exact) mass is 333 g/mol. The molecule has 1 aromatic carbocycles. The molecule has 1 heterocycles. The SMILES string of the molecule is CC(C)c1nn(C)cc1CN(C)C(=O)CC(O)c1cccc(F)c1. The Labute approximate surface area is 141 Å². The van der Waals surface area contributed by atoms with Crippen LogP contribution in [0.3, 0.4) is 0 Å². The van der Waals surface area contributed by atoms with Crippen molar-refractivity contribution < 1.29 is 14.3 Å². The summed E-state index contributed by atoms with van der Waals surface area (Å²) in [5.74, 6) is -0.364. The van der Waals surface area contributed by atoms with Gasteiger partial charge in [-0.1, -0.05) is 26.0 Å². The molecule has 0 saturated heterocycles. The van der Waals surface area contributed by atoms with Gasteiger partial charge in [-0.2, -0.15) is 5.10 Å². The van der Waals surface area contributed by atoms with Gasteiger partial charge >= 0.3 is 0 Å². The number of amides is 1. The Hall–Kier alpha value is -2.21. The zero-order valence-electron chi connectivity index (χ0n) is 14.5. The van der Waals surface area contributed by atoms with E-state index in [0.717, 1.165) is 11.3 Å². The van der Waals surface area contributed by atoms with Crippen molar-refractivity contribution in [3.05, 3.63) is 53.1 Å². The minimum atomic E-state index is -1.02. The Bertz CT molecular complexity index is 712. The largest absolute Gasteiger partial charge is 0.388 e. The Kier molecular flexibility index (Phi) is 5.72. The van der Waals surface area contributed by atoms with Crippen molar-refractivity contribution >= 4 is 5.91 Å². The molecule has 1 aromatic heterocycles. The number of aryl methyl sites for hydroxylation is 1. The van der Waals surface area contributed by atoms with Crippen LogP contribution in [0, 0.1) is 5.82 Å². The molecular formula is C18H24FN3O2. The molecule has 0 saturated carbocycles. The van der Waals surface area contributed by atoms with Crippen molar-refractivity contribution in [3.8, 4) is 0 Å². The molecule has 5 nitrogen and oxygen atoms in total. The van der Waals surface area contributed by atoms with E-state index < -0.39 is 11.9 Å².